The van der Waals surface area contributed by atoms with E-state index in [2.05, 4.69) is 9.71 Å². The van der Waals surface area contributed by atoms with Crippen LogP contribution < -0.4 is 4.72 Å². The van der Waals surface area contributed by atoms with E-state index in [0.717, 1.165) is 20.4 Å². The fourth-order valence-corrected chi connectivity index (χ4v) is 4.51. The summed E-state index contributed by atoms with van der Waals surface area (Å²) in [5, 5.41) is 9.12. The number of halogens is 2. The van der Waals surface area contributed by atoms with Crippen LogP contribution in [0.15, 0.2) is 27.9 Å². The van der Waals surface area contributed by atoms with Gasteiger partial charge < -0.3 is 5.11 Å². The molecule has 0 unspecified atom stereocenters. The zero-order chi connectivity index (χ0) is 14.9. The third-order valence-corrected chi connectivity index (χ3v) is 5.88. The quantitative estimate of drug-likeness (QED) is 0.707. The molecule has 0 aliphatic carbocycles. The first-order chi connectivity index (χ1) is 9.31. The van der Waals surface area contributed by atoms with Gasteiger partial charge in [-0.3, -0.25) is 4.72 Å². The summed E-state index contributed by atoms with van der Waals surface area (Å²) in [5.74, 6) is -1.40. The van der Waals surface area contributed by atoms with Crippen molar-refractivity contribution in [1.82, 2.24) is 4.98 Å². The van der Waals surface area contributed by atoms with Crippen molar-refractivity contribution in [3.63, 3.8) is 0 Å². The smallest absolute Gasteiger partial charge is 0.356 e. The monoisotopic (exact) mass is 444 g/mol. The Morgan fingerprint density at radius 3 is 2.75 bits per heavy atom. The second kappa shape index (κ2) is 5.84. The summed E-state index contributed by atoms with van der Waals surface area (Å²) in [6, 6.07) is 4.77. The number of nitrogens with one attached hydrogen (secondary N) is 1. The van der Waals surface area contributed by atoms with Gasteiger partial charge in [-0.2, -0.15) is 0 Å². The normalized spacial score (nSPS) is 11.3. The molecule has 0 spiro atoms. The minimum Gasteiger partial charge on any atom is -0.476 e. The minimum atomic E-state index is -4.04. The van der Waals surface area contributed by atoms with Crippen molar-refractivity contribution in [3.05, 3.63) is 38.0 Å². The molecule has 0 saturated heterocycles. The summed E-state index contributed by atoms with van der Waals surface area (Å²) in [7, 11) is -4.04. The standard InChI is InChI=1S/C10H6ClIN2O4S2/c11-6-3-5(12)1-2-7(6)14-20(17,18)10-8(9(15)16)13-4-19-10/h1-4,14H,(H,15,16). The number of rotatable bonds is 4. The van der Waals surface area contributed by atoms with Crippen LogP contribution in [0.5, 0.6) is 0 Å². The molecule has 0 saturated carbocycles. The molecule has 0 atom stereocenters. The molecule has 0 radical (unpaired) electrons. The summed E-state index contributed by atoms with van der Waals surface area (Å²) in [4.78, 5) is 14.4. The van der Waals surface area contributed by atoms with E-state index in [1.807, 2.05) is 22.6 Å². The zero-order valence-electron chi connectivity index (χ0n) is 9.50. The molecule has 0 aliphatic rings. The van der Waals surface area contributed by atoms with Crippen molar-refractivity contribution in [2.24, 2.45) is 0 Å². The third-order valence-electron chi connectivity index (χ3n) is 2.16. The Bertz CT molecular complexity index is 775. The van der Waals surface area contributed by atoms with Crippen LogP contribution in [-0.2, 0) is 10.0 Å². The zero-order valence-corrected chi connectivity index (χ0v) is 14.0. The van der Waals surface area contributed by atoms with E-state index in [-0.39, 0.29) is 14.9 Å². The summed E-state index contributed by atoms with van der Waals surface area (Å²) >= 11 is 8.70. The highest BCUT2D eigenvalue weighted by Gasteiger charge is 2.26. The number of hydrogen-bond acceptors (Lipinski definition) is 5. The molecule has 6 nitrogen and oxygen atoms in total. The van der Waals surface area contributed by atoms with Crippen molar-refractivity contribution < 1.29 is 18.3 Å². The van der Waals surface area contributed by atoms with Crippen LogP contribution >= 0.6 is 45.5 Å². The molecule has 0 amide bonds. The lowest BCUT2D eigenvalue weighted by molar-refractivity contribution is 0.0687. The van der Waals surface area contributed by atoms with Crippen molar-refractivity contribution in [1.29, 1.82) is 0 Å². The molecule has 1 heterocycles. The molecule has 10 heteroatoms. The number of anilines is 1. The topological polar surface area (TPSA) is 96.4 Å². The molecule has 2 N–H and O–H groups in total. The number of benzene rings is 1. The largest absolute Gasteiger partial charge is 0.476 e. The number of aromatic carboxylic acids is 1. The van der Waals surface area contributed by atoms with Crippen LogP contribution in [0.4, 0.5) is 5.69 Å². The van der Waals surface area contributed by atoms with Gasteiger partial charge in [0, 0.05) is 3.57 Å². The van der Waals surface area contributed by atoms with Gasteiger partial charge in [-0.15, -0.1) is 11.3 Å². The van der Waals surface area contributed by atoms with Gasteiger partial charge in [-0.1, -0.05) is 11.6 Å². The summed E-state index contributed by atoms with van der Waals surface area (Å²) in [6.07, 6.45) is 0. The maximum Gasteiger partial charge on any atom is 0.356 e. The molecule has 0 fully saturated rings. The highest BCUT2D eigenvalue weighted by molar-refractivity contribution is 14.1. The van der Waals surface area contributed by atoms with Gasteiger partial charge in [0.2, 0.25) is 0 Å². The lowest BCUT2D eigenvalue weighted by atomic mass is 10.3. The molecule has 106 valence electrons. The number of aromatic nitrogens is 1. The van der Waals surface area contributed by atoms with E-state index in [9.17, 15) is 13.2 Å². The van der Waals surface area contributed by atoms with Gasteiger partial charge >= 0.3 is 5.97 Å². The molecular weight excluding hydrogens is 439 g/mol. The molecule has 1 aromatic carbocycles. The molecular formula is C10H6ClIN2O4S2. The van der Waals surface area contributed by atoms with Crippen LogP contribution in [0.3, 0.4) is 0 Å². The number of nitrogens with zero attached hydrogens (tertiary/aromatic N) is 1. The Kier molecular flexibility index (Phi) is 4.52. The molecule has 0 bridgehead atoms. The predicted octanol–water partition coefficient (Wildman–Crippen LogP) is 2.90. The average Bonchev–Trinajstić information content (AvgIpc) is 2.82. The molecule has 1 aromatic heterocycles. The van der Waals surface area contributed by atoms with Crippen molar-refractivity contribution in [2.75, 3.05) is 4.72 Å². The Labute approximate surface area is 137 Å². The summed E-state index contributed by atoms with van der Waals surface area (Å²) < 4.78 is 27.1. The van der Waals surface area contributed by atoms with Crippen LogP contribution in [0, 0.1) is 3.57 Å². The number of carboxylic acid groups (broad SMARTS) is 1. The highest BCUT2D eigenvalue weighted by Crippen LogP contribution is 2.28. The lowest BCUT2D eigenvalue weighted by Gasteiger charge is -2.08. The van der Waals surface area contributed by atoms with E-state index in [4.69, 9.17) is 16.7 Å². The van der Waals surface area contributed by atoms with E-state index < -0.39 is 21.7 Å². The first-order valence-corrected chi connectivity index (χ1v) is 8.78. The average molecular weight is 445 g/mol. The molecule has 20 heavy (non-hydrogen) atoms. The first kappa shape index (κ1) is 15.5. The van der Waals surface area contributed by atoms with Crippen LogP contribution in [-0.4, -0.2) is 24.5 Å². The van der Waals surface area contributed by atoms with E-state index in [1.165, 1.54) is 6.07 Å². The number of hydrogen-bond donors (Lipinski definition) is 2. The maximum absolute atomic E-state index is 12.2. The lowest BCUT2D eigenvalue weighted by Crippen LogP contribution is -2.15. The van der Waals surface area contributed by atoms with Gasteiger partial charge in [-0.05, 0) is 40.8 Å². The van der Waals surface area contributed by atoms with Crippen molar-refractivity contribution in [3.8, 4) is 0 Å². The van der Waals surface area contributed by atoms with Crippen molar-refractivity contribution >= 4 is 67.2 Å². The van der Waals surface area contributed by atoms with Crippen LogP contribution in [0.2, 0.25) is 5.02 Å². The first-order valence-electron chi connectivity index (χ1n) is 4.96. The van der Waals surface area contributed by atoms with E-state index in [1.54, 1.807) is 12.1 Å². The molecule has 2 rings (SSSR count). The van der Waals surface area contributed by atoms with Gasteiger partial charge in [-0.25, -0.2) is 18.2 Å². The van der Waals surface area contributed by atoms with E-state index in [0.29, 0.717) is 0 Å². The SMILES string of the molecule is O=C(O)c1ncsc1S(=O)(=O)Nc1ccc(I)cc1Cl. The Morgan fingerprint density at radius 1 is 1.45 bits per heavy atom. The van der Waals surface area contributed by atoms with Gasteiger partial charge in [0.1, 0.15) is 0 Å². The molecule has 0 aliphatic heterocycles. The number of carbonyl (C=O) groups is 1. The number of carboxylic acids is 1. The fraction of sp³-hybridized carbons (Fsp3) is 0. The van der Waals surface area contributed by atoms with Crippen LogP contribution in [0.1, 0.15) is 10.5 Å². The fourth-order valence-electron chi connectivity index (χ4n) is 1.33. The third kappa shape index (κ3) is 3.22. The van der Waals surface area contributed by atoms with Crippen molar-refractivity contribution in [2.45, 2.75) is 4.21 Å². The van der Waals surface area contributed by atoms with Gasteiger partial charge in [0.15, 0.2) is 9.90 Å². The number of thiazole rings is 1. The molecule has 2 aromatic rings. The van der Waals surface area contributed by atoms with Crippen LogP contribution in [0.25, 0.3) is 0 Å². The summed E-state index contributed by atoms with van der Waals surface area (Å²) in [6.45, 7) is 0. The van der Waals surface area contributed by atoms with Gasteiger partial charge in [0.25, 0.3) is 10.0 Å². The predicted molar refractivity (Wildman–Crippen MR) is 84.1 cm³/mol. The minimum absolute atomic E-state index is 0.178. The number of sulfonamides is 1. The van der Waals surface area contributed by atoms with Gasteiger partial charge in [0.05, 0.1) is 16.2 Å². The maximum atomic E-state index is 12.2. The Morgan fingerprint density at radius 2 is 2.15 bits per heavy atom. The second-order valence-corrected chi connectivity index (χ2v) is 7.91. The summed E-state index contributed by atoms with van der Waals surface area (Å²) in [5.41, 5.74) is 0.828. The Hall–Kier alpha value is -0.910. The highest BCUT2D eigenvalue weighted by atomic mass is 127. The Balaban J connectivity index is 2.41. The van der Waals surface area contributed by atoms with E-state index >= 15 is 0 Å². The second-order valence-electron chi connectivity index (χ2n) is 3.52.